The summed E-state index contributed by atoms with van der Waals surface area (Å²) < 4.78 is 46.8. The van der Waals surface area contributed by atoms with E-state index in [1.165, 1.54) is 12.1 Å². The normalized spacial score (nSPS) is 18.8. The predicted octanol–water partition coefficient (Wildman–Crippen LogP) is 4.75. The largest absolute Gasteiger partial charge is 0.410 e. The zero-order valence-electron chi connectivity index (χ0n) is 15.0. The third kappa shape index (κ3) is 3.93. The van der Waals surface area contributed by atoms with Crippen molar-refractivity contribution in [1.82, 2.24) is 14.9 Å². The Hall–Kier alpha value is -3.01. The molecule has 3 heterocycles. The molecule has 0 radical (unpaired) electrons. The van der Waals surface area contributed by atoms with Crippen molar-refractivity contribution in [3.05, 3.63) is 58.4 Å². The van der Waals surface area contributed by atoms with Crippen LogP contribution in [0.4, 0.5) is 24.8 Å². The van der Waals surface area contributed by atoms with Crippen LogP contribution in [-0.4, -0.2) is 27.0 Å². The average molecular weight is 426 g/mol. The van der Waals surface area contributed by atoms with E-state index >= 15 is 0 Å². The number of fused-ring (bicyclic) bond motifs is 1. The van der Waals surface area contributed by atoms with Gasteiger partial charge in [0.15, 0.2) is 17.6 Å². The predicted molar refractivity (Wildman–Crippen MR) is 98.9 cm³/mol. The summed E-state index contributed by atoms with van der Waals surface area (Å²) in [5, 5.41) is 13.5. The molecule has 7 nitrogen and oxygen atoms in total. The molecule has 11 heteroatoms. The molecular weight excluding hydrogens is 411 g/mol. The molecule has 1 aromatic carbocycles. The van der Waals surface area contributed by atoms with E-state index in [4.69, 9.17) is 16.1 Å². The summed E-state index contributed by atoms with van der Waals surface area (Å²) in [6.45, 7) is 1.65. The highest BCUT2D eigenvalue weighted by Crippen LogP contribution is 2.43. The van der Waals surface area contributed by atoms with Gasteiger partial charge < -0.3 is 15.2 Å². The molecule has 4 rings (SSSR count). The maximum Gasteiger partial charge on any atom is 0.410 e. The fourth-order valence-corrected chi connectivity index (χ4v) is 3.33. The van der Waals surface area contributed by atoms with Crippen LogP contribution in [0.5, 0.6) is 0 Å². The number of halogens is 4. The van der Waals surface area contributed by atoms with Crippen LogP contribution in [0.3, 0.4) is 0 Å². The lowest BCUT2D eigenvalue weighted by Gasteiger charge is -2.33. The van der Waals surface area contributed by atoms with Gasteiger partial charge in [-0.05, 0) is 24.6 Å². The van der Waals surface area contributed by atoms with Gasteiger partial charge in [-0.1, -0.05) is 28.9 Å². The molecule has 3 aromatic rings. The fraction of sp³-hybridized carbons (Fsp3) is 0.278. The van der Waals surface area contributed by atoms with E-state index < -0.39 is 24.2 Å². The highest BCUT2D eigenvalue weighted by molar-refractivity contribution is 6.30. The molecule has 2 aromatic heterocycles. The van der Waals surface area contributed by atoms with Crippen molar-refractivity contribution in [2.75, 3.05) is 10.6 Å². The van der Waals surface area contributed by atoms with Gasteiger partial charge in [-0.3, -0.25) is 4.79 Å². The lowest BCUT2D eigenvalue weighted by molar-refractivity contribution is -0.173. The minimum Gasteiger partial charge on any atom is -0.363 e. The van der Waals surface area contributed by atoms with Gasteiger partial charge in [0.1, 0.15) is 11.6 Å². The topological polar surface area (TPSA) is 85.0 Å². The number of nitrogens with one attached hydrogen (secondary N) is 2. The number of nitrogens with zero attached hydrogens (tertiary/aromatic N) is 3. The number of carbonyl (C=O) groups excluding carboxylic acids is 1. The van der Waals surface area contributed by atoms with E-state index in [1.54, 1.807) is 31.2 Å². The second-order valence-electron chi connectivity index (χ2n) is 6.68. The van der Waals surface area contributed by atoms with Crippen LogP contribution in [0.15, 0.2) is 40.9 Å². The molecule has 152 valence electrons. The maximum atomic E-state index is 13.7. The molecule has 1 aliphatic rings. The Bertz CT molecular complexity index is 1040. The minimum absolute atomic E-state index is 0.0972. The molecular formula is C18H15ClF3N5O2. The molecule has 1 aliphatic heterocycles. The Labute approximate surface area is 167 Å². The first kappa shape index (κ1) is 19.3. The number of carbonyl (C=O) groups is 1. The van der Waals surface area contributed by atoms with Gasteiger partial charge in [0.25, 0.3) is 5.91 Å². The zero-order chi connectivity index (χ0) is 20.8. The van der Waals surface area contributed by atoms with Gasteiger partial charge in [-0.2, -0.15) is 18.3 Å². The smallest absolute Gasteiger partial charge is 0.363 e. The first-order valence-corrected chi connectivity index (χ1v) is 9.01. The Kier molecular flexibility index (Phi) is 4.73. The van der Waals surface area contributed by atoms with Crippen molar-refractivity contribution in [3.8, 4) is 0 Å². The van der Waals surface area contributed by atoms with E-state index in [-0.39, 0.29) is 23.8 Å². The van der Waals surface area contributed by atoms with Gasteiger partial charge >= 0.3 is 6.18 Å². The van der Waals surface area contributed by atoms with Crippen LogP contribution in [-0.2, 0) is 0 Å². The monoisotopic (exact) mass is 425 g/mol. The van der Waals surface area contributed by atoms with E-state index in [2.05, 4.69) is 20.9 Å². The molecule has 0 fully saturated rings. The van der Waals surface area contributed by atoms with Gasteiger partial charge in [0.2, 0.25) is 0 Å². The third-order valence-electron chi connectivity index (χ3n) is 4.56. The number of hydrogen-bond acceptors (Lipinski definition) is 5. The number of aryl methyl sites for hydroxylation is 1. The number of amides is 1. The Morgan fingerprint density at radius 2 is 2.03 bits per heavy atom. The van der Waals surface area contributed by atoms with E-state index in [0.717, 1.165) is 4.68 Å². The lowest BCUT2D eigenvalue weighted by Crippen LogP contribution is -2.35. The summed E-state index contributed by atoms with van der Waals surface area (Å²) in [7, 11) is 0. The van der Waals surface area contributed by atoms with Crippen molar-refractivity contribution in [1.29, 1.82) is 0 Å². The van der Waals surface area contributed by atoms with Gasteiger partial charge in [-0.15, -0.1) is 0 Å². The number of hydrogen-bond donors (Lipinski definition) is 2. The molecule has 0 saturated heterocycles. The van der Waals surface area contributed by atoms with Crippen molar-refractivity contribution < 1.29 is 22.5 Å². The van der Waals surface area contributed by atoms with E-state index in [0.29, 0.717) is 16.3 Å². The number of alkyl halides is 3. The van der Waals surface area contributed by atoms with Crippen molar-refractivity contribution in [2.45, 2.75) is 31.6 Å². The number of aromatic nitrogens is 3. The van der Waals surface area contributed by atoms with Crippen molar-refractivity contribution in [3.63, 3.8) is 0 Å². The van der Waals surface area contributed by atoms with Gasteiger partial charge in [-0.25, -0.2) is 4.68 Å². The van der Waals surface area contributed by atoms with Crippen LogP contribution in [0.2, 0.25) is 5.02 Å². The summed E-state index contributed by atoms with van der Waals surface area (Å²) in [5.41, 5.74) is 0.485. The first-order chi connectivity index (χ1) is 13.7. The molecule has 0 unspecified atom stereocenters. The Morgan fingerprint density at radius 3 is 2.66 bits per heavy atom. The summed E-state index contributed by atoms with van der Waals surface area (Å²) in [4.78, 5) is 12.4. The second kappa shape index (κ2) is 7.11. The molecule has 2 N–H and O–H groups in total. The zero-order valence-corrected chi connectivity index (χ0v) is 15.8. The standard InChI is InChI=1S/C18H15ClF3N5O2/c1-9-6-15(26-29-9)24-17(28)13-8-16-23-12(10-2-4-11(19)5-3-10)7-14(18(20,21)22)27(16)25-13/h2-6,8,12,14,23H,7H2,1H3,(H,24,26,28)/t12-,14-/m1/s1. The average Bonchev–Trinajstić information content (AvgIpc) is 3.26. The second-order valence-corrected chi connectivity index (χ2v) is 7.11. The molecule has 0 aliphatic carbocycles. The summed E-state index contributed by atoms with van der Waals surface area (Å²) >= 11 is 5.87. The van der Waals surface area contributed by atoms with Crippen LogP contribution < -0.4 is 10.6 Å². The van der Waals surface area contributed by atoms with Crippen LogP contribution in [0.25, 0.3) is 0 Å². The fourth-order valence-electron chi connectivity index (χ4n) is 3.20. The van der Waals surface area contributed by atoms with Crippen molar-refractivity contribution in [2.24, 2.45) is 0 Å². The van der Waals surface area contributed by atoms with Crippen molar-refractivity contribution >= 4 is 29.1 Å². The van der Waals surface area contributed by atoms with Crippen LogP contribution >= 0.6 is 11.6 Å². The first-order valence-electron chi connectivity index (χ1n) is 8.63. The summed E-state index contributed by atoms with van der Waals surface area (Å²) in [5.74, 6) is 0.0397. The highest BCUT2D eigenvalue weighted by atomic mass is 35.5. The molecule has 2 atom stereocenters. The molecule has 0 bridgehead atoms. The highest BCUT2D eigenvalue weighted by Gasteiger charge is 2.46. The Balaban J connectivity index is 1.64. The molecule has 1 amide bonds. The van der Waals surface area contributed by atoms with Crippen LogP contribution in [0, 0.1) is 6.92 Å². The number of anilines is 2. The summed E-state index contributed by atoms with van der Waals surface area (Å²) in [6.07, 6.45) is -4.81. The molecule has 0 saturated carbocycles. The number of rotatable bonds is 3. The molecule has 0 spiro atoms. The third-order valence-corrected chi connectivity index (χ3v) is 4.82. The van der Waals surface area contributed by atoms with E-state index in [1.807, 2.05) is 0 Å². The maximum absolute atomic E-state index is 13.7. The van der Waals surface area contributed by atoms with E-state index in [9.17, 15) is 18.0 Å². The van der Waals surface area contributed by atoms with Gasteiger partial charge in [0.05, 0.1) is 6.04 Å². The quantitative estimate of drug-likeness (QED) is 0.632. The lowest BCUT2D eigenvalue weighted by atomic mass is 9.97. The minimum atomic E-state index is -4.54. The number of benzene rings is 1. The van der Waals surface area contributed by atoms with Gasteiger partial charge in [0, 0.05) is 23.6 Å². The molecule has 29 heavy (non-hydrogen) atoms. The SMILES string of the molecule is Cc1cc(NC(=O)c2cc3n(n2)[C@@H](C(F)(F)F)C[C@H](c2ccc(Cl)cc2)N3)no1. The Morgan fingerprint density at radius 1 is 1.31 bits per heavy atom. The summed E-state index contributed by atoms with van der Waals surface area (Å²) in [6, 6.07) is 6.84. The van der Waals surface area contributed by atoms with Crippen LogP contribution in [0.1, 0.15) is 40.3 Å².